The number of rotatable bonds is 5. The lowest BCUT2D eigenvalue weighted by molar-refractivity contribution is -0.122. The van der Waals surface area contributed by atoms with Gasteiger partial charge < -0.3 is 16.0 Å². The molecule has 104 valence electrons. The Morgan fingerprint density at radius 3 is 3.00 bits per heavy atom. The third kappa shape index (κ3) is 3.19. The van der Waals surface area contributed by atoms with E-state index in [1.807, 2.05) is 37.4 Å². The standard InChI is InChI=1S/C16H19N3O/c1-3-6-11(2)19-16(20)14(17)9-12-10-18-15-8-5-4-7-13(12)15/h1,4-5,7-8,10-11,14,18H,6,9,17H2,2H3,(H,19,20)/t11?,14-/m1/s1. The zero-order valence-corrected chi connectivity index (χ0v) is 11.5. The average molecular weight is 269 g/mol. The Kier molecular flexibility index (Phi) is 4.44. The third-order valence-corrected chi connectivity index (χ3v) is 3.26. The average Bonchev–Trinajstić information content (AvgIpc) is 2.82. The van der Waals surface area contributed by atoms with Crippen molar-refractivity contribution in [3.63, 3.8) is 0 Å². The van der Waals surface area contributed by atoms with E-state index in [0.29, 0.717) is 12.8 Å². The Bertz CT molecular complexity index is 638. The molecule has 20 heavy (non-hydrogen) atoms. The molecule has 1 unspecified atom stereocenters. The number of nitrogens with one attached hydrogen (secondary N) is 2. The summed E-state index contributed by atoms with van der Waals surface area (Å²) in [5, 5.41) is 3.93. The fraction of sp³-hybridized carbons (Fsp3) is 0.312. The van der Waals surface area contributed by atoms with Gasteiger partial charge in [0.1, 0.15) is 0 Å². The Morgan fingerprint density at radius 2 is 2.25 bits per heavy atom. The van der Waals surface area contributed by atoms with Crippen molar-refractivity contribution < 1.29 is 4.79 Å². The molecule has 2 atom stereocenters. The molecule has 0 radical (unpaired) electrons. The van der Waals surface area contributed by atoms with Gasteiger partial charge in [0.25, 0.3) is 0 Å². The fourth-order valence-electron chi connectivity index (χ4n) is 2.21. The van der Waals surface area contributed by atoms with Crippen LogP contribution in [0.2, 0.25) is 0 Å². The molecular weight excluding hydrogens is 250 g/mol. The van der Waals surface area contributed by atoms with Gasteiger partial charge in [-0.05, 0) is 25.0 Å². The SMILES string of the molecule is C#CCC(C)NC(=O)[C@H](N)Cc1c[nH]c2ccccc12. The molecule has 0 aliphatic heterocycles. The number of amides is 1. The number of aromatic nitrogens is 1. The predicted molar refractivity (Wildman–Crippen MR) is 81.0 cm³/mol. The lowest BCUT2D eigenvalue weighted by Crippen LogP contribution is -2.45. The van der Waals surface area contributed by atoms with E-state index in [9.17, 15) is 4.79 Å². The van der Waals surface area contributed by atoms with Crippen molar-refractivity contribution in [1.82, 2.24) is 10.3 Å². The number of terminal acetylenes is 1. The largest absolute Gasteiger partial charge is 0.361 e. The van der Waals surface area contributed by atoms with Crippen LogP contribution in [0.5, 0.6) is 0 Å². The summed E-state index contributed by atoms with van der Waals surface area (Å²) in [4.78, 5) is 15.2. The Labute approximate surface area is 118 Å². The number of para-hydroxylation sites is 1. The molecule has 0 fully saturated rings. The molecule has 2 aromatic rings. The highest BCUT2D eigenvalue weighted by Gasteiger charge is 2.17. The smallest absolute Gasteiger partial charge is 0.237 e. The molecule has 0 aliphatic carbocycles. The fourth-order valence-corrected chi connectivity index (χ4v) is 2.21. The van der Waals surface area contributed by atoms with Crippen LogP contribution in [-0.4, -0.2) is 23.0 Å². The number of benzene rings is 1. The molecule has 1 amide bonds. The van der Waals surface area contributed by atoms with Crippen LogP contribution in [0.1, 0.15) is 18.9 Å². The van der Waals surface area contributed by atoms with Gasteiger partial charge in [-0.15, -0.1) is 12.3 Å². The maximum Gasteiger partial charge on any atom is 0.237 e. The first-order chi connectivity index (χ1) is 9.61. The topological polar surface area (TPSA) is 70.9 Å². The van der Waals surface area contributed by atoms with E-state index < -0.39 is 6.04 Å². The minimum Gasteiger partial charge on any atom is -0.361 e. The first-order valence-corrected chi connectivity index (χ1v) is 6.66. The molecule has 0 bridgehead atoms. The molecule has 0 spiro atoms. The van der Waals surface area contributed by atoms with E-state index >= 15 is 0 Å². The summed E-state index contributed by atoms with van der Waals surface area (Å²) >= 11 is 0. The highest BCUT2D eigenvalue weighted by molar-refractivity contribution is 5.86. The first kappa shape index (κ1) is 14.2. The number of hydrogen-bond donors (Lipinski definition) is 3. The first-order valence-electron chi connectivity index (χ1n) is 6.66. The number of nitrogens with two attached hydrogens (primary N) is 1. The van der Waals surface area contributed by atoms with Crippen LogP contribution < -0.4 is 11.1 Å². The predicted octanol–water partition coefficient (Wildman–Crippen LogP) is 1.57. The lowest BCUT2D eigenvalue weighted by Gasteiger charge is -2.15. The van der Waals surface area contributed by atoms with Crippen LogP contribution >= 0.6 is 0 Å². The summed E-state index contributed by atoms with van der Waals surface area (Å²) in [6.45, 7) is 1.87. The molecule has 0 aliphatic rings. The summed E-state index contributed by atoms with van der Waals surface area (Å²) in [7, 11) is 0. The molecule has 1 aromatic heterocycles. The number of H-pyrrole nitrogens is 1. The van der Waals surface area contributed by atoms with Crippen molar-refractivity contribution >= 4 is 16.8 Å². The molecule has 4 nitrogen and oxygen atoms in total. The molecule has 4 heteroatoms. The van der Waals surface area contributed by atoms with Crippen molar-refractivity contribution in [2.75, 3.05) is 0 Å². The highest BCUT2D eigenvalue weighted by atomic mass is 16.2. The van der Waals surface area contributed by atoms with Crippen LogP contribution in [0, 0.1) is 12.3 Å². The van der Waals surface area contributed by atoms with Crippen LogP contribution in [-0.2, 0) is 11.2 Å². The quantitative estimate of drug-likeness (QED) is 0.721. The van der Waals surface area contributed by atoms with Gasteiger partial charge in [-0.25, -0.2) is 0 Å². The van der Waals surface area contributed by atoms with Gasteiger partial charge in [0.05, 0.1) is 6.04 Å². The number of carbonyl (C=O) groups excluding carboxylic acids is 1. The maximum absolute atomic E-state index is 12.0. The normalized spacial score (nSPS) is 13.7. The van der Waals surface area contributed by atoms with Gasteiger partial charge in [-0.1, -0.05) is 18.2 Å². The van der Waals surface area contributed by atoms with Crippen molar-refractivity contribution in [3.8, 4) is 12.3 Å². The second-order valence-corrected chi connectivity index (χ2v) is 4.99. The molecule has 2 rings (SSSR count). The number of carbonyl (C=O) groups is 1. The maximum atomic E-state index is 12.0. The number of hydrogen-bond acceptors (Lipinski definition) is 2. The lowest BCUT2D eigenvalue weighted by atomic mass is 10.0. The Morgan fingerprint density at radius 1 is 1.50 bits per heavy atom. The number of fused-ring (bicyclic) bond motifs is 1. The van der Waals surface area contributed by atoms with E-state index in [2.05, 4.69) is 16.2 Å². The molecule has 0 saturated carbocycles. The Balaban J connectivity index is 2.02. The van der Waals surface area contributed by atoms with E-state index in [1.165, 1.54) is 0 Å². The van der Waals surface area contributed by atoms with E-state index in [1.54, 1.807) is 0 Å². The van der Waals surface area contributed by atoms with Gasteiger partial charge >= 0.3 is 0 Å². The molecule has 0 saturated heterocycles. The summed E-state index contributed by atoms with van der Waals surface area (Å²) < 4.78 is 0. The van der Waals surface area contributed by atoms with Crippen molar-refractivity contribution in [2.24, 2.45) is 5.73 Å². The van der Waals surface area contributed by atoms with E-state index in [-0.39, 0.29) is 11.9 Å². The minimum atomic E-state index is -0.575. The minimum absolute atomic E-state index is 0.0541. The molecule has 1 heterocycles. The van der Waals surface area contributed by atoms with Gasteiger partial charge in [0.15, 0.2) is 0 Å². The summed E-state index contributed by atoms with van der Waals surface area (Å²) in [5.41, 5.74) is 8.07. The van der Waals surface area contributed by atoms with Gasteiger partial charge in [-0.3, -0.25) is 4.79 Å². The van der Waals surface area contributed by atoms with E-state index in [4.69, 9.17) is 12.2 Å². The van der Waals surface area contributed by atoms with Gasteiger partial charge in [0, 0.05) is 29.6 Å². The van der Waals surface area contributed by atoms with Crippen LogP contribution in [0.3, 0.4) is 0 Å². The van der Waals surface area contributed by atoms with Crippen LogP contribution in [0.15, 0.2) is 30.5 Å². The second-order valence-electron chi connectivity index (χ2n) is 4.99. The van der Waals surface area contributed by atoms with Crippen molar-refractivity contribution in [2.45, 2.75) is 31.8 Å². The second kappa shape index (κ2) is 6.27. The van der Waals surface area contributed by atoms with Gasteiger partial charge in [0.2, 0.25) is 5.91 Å². The molecular formula is C16H19N3O. The molecule has 1 aromatic carbocycles. The van der Waals surface area contributed by atoms with Crippen molar-refractivity contribution in [1.29, 1.82) is 0 Å². The zero-order valence-electron chi connectivity index (χ0n) is 11.5. The highest BCUT2D eigenvalue weighted by Crippen LogP contribution is 2.18. The summed E-state index contributed by atoms with van der Waals surface area (Å²) in [6, 6.07) is 7.33. The Hall–Kier alpha value is -2.25. The van der Waals surface area contributed by atoms with Crippen molar-refractivity contribution in [3.05, 3.63) is 36.0 Å². The van der Waals surface area contributed by atoms with Crippen LogP contribution in [0.4, 0.5) is 0 Å². The number of aromatic amines is 1. The van der Waals surface area contributed by atoms with Gasteiger partial charge in [-0.2, -0.15) is 0 Å². The molecule has 4 N–H and O–H groups in total. The summed E-state index contributed by atoms with van der Waals surface area (Å²) in [5.74, 6) is 2.35. The summed E-state index contributed by atoms with van der Waals surface area (Å²) in [6.07, 6.45) is 8.13. The monoisotopic (exact) mass is 269 g/mol. The van der Waals surface area contributed by atoms with E-state index in [0.717, 1.165) is 16.5 Å². The third-order valence-electron chi connectivity index (χ3n) is 3.26. The zero-order chi connectivity index (χ0) is 14.5. The van der Waals surface area contributed by atoms with Crippen LogP contribution in [0.25, 0.3) is 10.9 Å².